The molecule has 0 aliphatic heterocycles. The summed E-state index contributed by atoms with van der Waals surface area (Å²) < 4.78 is 8.41. The van der Waals surface area contributed by atoms with Gasteiger partial charge in [0, 0.05) is 29.7 Å². The number of oxazole rings is 1. The van der Waals surface area contributed by atoms with E-state index in [9.17, 15) is 0 Å². The summed E-state index contributed by atoms with van der Waals surface area (Å²) in [5.41, 5.74) is 9.15. The maximum absolute atomic E-state index is 6.21. The SMILES string of the molecule is [Pt+2].[c-]1c(-c2ccccn2)cccc1-n1c2[c-]c(-c3nc4cc(-c5cccnc5)ccc4o3)ccc2c2ccccc21. The molecule has 8 rings (SSSR count). The molecule has 0 amide bonds. The molecule has 5 nitrogen and oxygen atoms in total. The third kappa shape index (κ3) is 4.35. The van der Waals surface area contributed by atoms with Crippen LogP contribution in [0.3, 0.4) is 0 Å². The molecule has 4 aromatic carbocycles. The molecule has 6 heteroatoms. The van der Waals surface area contributed by atoms with Crippen molar-refractivity contribution in [3.05, 3.63) is 134 Å². The zero-order chi connectivity index (χ0) is 26.5. The topological polar surface area (TPSA) is 56.7 Å². The van der Waals surface area contributed by atoms with E-state index in [4.69, 9.17) is 9.40 Å². The van der Waals surface area contributed by atoms with E-state index in [1.807, 2.05) is 72.9 Å². The van der Waals surface area contributed by atoms with Crippen LogP contribution in [0, 0.1) is 12.1 Å². The summed E-state index contributed by atoms with van der Waals surface area (Å²) in [7, 11) is 0. The van der Waals surface area contributed by atoms with E-state index in [1.165, 1.54) is 0 Å². The van der Waals surface area contributed by atoms with Crippen molar-refractivity contribution in [1.82, 2.24) is 19.5 Å². The molecule has 4 heterocycles. The van der Waals surface area contributed by atoms with E-state index in [2.05, 4.69) is 63.1 Å². The van der Waals surface area contributed by atoms with Crippen LogP contribution < -0.4 is 0 Å². The first-order chi connectivity index (χ1) is 19.8. The molecular formula is C35H20N4OPt. The molecule has 0 fully saturated rings. The molecule has 4 aromatic heterocycles. The minimum Gasteiger partial charge on any atom is -0.481 e. The number of rotatable bonds is 4. The van der Waals surface area contributed by atoms with Crippen LogP contribution in [0.4, 0.5) is 0 Å². The summed E-state index contributed by atoms with van der Waals surface area (Å²) in [4.78, 5) is 13.6. The molecule has 0 spiro atoms. The van der Waals surface area contributed by atoms with Gasteiger partial charge in [0.05, 0.1) is 5.52 Å². The Hall–Kier alpha value is -4.86. The van der Waals surface area contributed by atoms with Gasteiger partial charge >= 0.3 is 21.1 Å². The molecule has 0 aliphatic rings. The van der Waals surface area contributed by atoms with Crippen molar-refractivity contribution in [3.63, 3.8) is 0 Å². The monoisotopic (exact) mass is 707 g/mol. The normalized spacial score (nSPS) is 11.2. The fraction of sp³-hybridized carbons (Fsp3) is 0. The van der Waals surface area contributed by atoms with Gasteiger partial charge in [-0.2, -0.15) is 0 Å². The first-order valence-corrected chi connectivity index (χ1v) is 13.0. The van der Waals surface area contributed by atoms with Crippen molar-refractivity contribution >= 4 is 32.9 Å². The van der Waals surface area contributed by atoms with Crippen molar-refractivity contribution in [2.45, 2.75) is 0 Å². The van der Waals surface area contributed by atoms with Gasteiger partial charge in [-0.25, -0.2) is 0 Å². The van der Waals surface area contributed by atoms with Gasteiger partial charge in [-0.15, -0.1) is 48.0 Å². The van der Waals surface area contributed by atoms with Crippen molar-refractivity contribution < 1.29 is 25.5 Å². The number of aromatic nitrogens is 4. The second-order valence-electron chi connectivity index (χ2n) is 9.59. The largest absolute Gasteiger partial charge is 2.00 e. The van der Waals surface area contributed by atoms with Crippen LogP contribution in [0.1, 0.15) is 0 Å². The van der Waals surface area contributed by atoms with Crippen molar-refractivity contribution in [2.24, 2.45) is 0 Å². The molecule has 0 atom stereocenters. The fourth-order valence-electron chi connectivity index (χ4n) is 5.28. The third-order valence-corrected chi connectivity index (χ3v) is 7.16. The molecule has 0 unspecified atom stereocenters. The number of para-hydroxylation sites is 1. The van der Waals surface area contributed by atoms with Crippen LogP contribution in [0.2, 0.25) is 0 Å². The summed E-state index contributed by atoms with van der Waals surface area (Å²) in [5, 5.41) is 2.25. The van der Waals surface area contributed by atoms with E-state index >= 15 is 0 Å². The van der Waals surface area contributed by atoms with Gasteiger partial charge in [0.15, 0.2) is 0 Å². The number of benzene rings is 4. The number of hydrogen-bond acceptors (Lipinski definition) is 4. The molecular weight excluding hydrogens is 687 g/mol. The van der Waals surface area contributed by atoms with Gasteiger partial charge in [-0.3, -0.25) is 9.97 Å². The van der Waals surface area contributed by atoms with Gasteiger partial charge in [0.2, 0.25) is 0 Å². The predicted octanol–water partition coefficient (Wildman–Crippen LogP) is 8.31. The second-order valence-corrected chi connectivity index (χ2v) is 9.59. The maximum atomic E-state index is 6.21. The van der Waals surface area contributed by atoms with Crippen LogP contribution in [0.25, 0.3) is 72.4 Å². The van der Waals surface area contributed by atoms with E-state index in [0.717, 1.165) is 66.5 Å². The summed E-state index contributed by atoms with van der Waals surface area (Å²) in [5.74, 6) is 0.531. The fourth-order valence-corrected chi connectivity index (χ4v) is 5.28. The Balaban J connectivity index is 0.00000276. The molecule has 0 radical (unpaired) electrons. The van der Waals surface area contributed by atoms with Crippen LogP contribution in [0.5, 0.6) is 0 Å². The number of fused-ring (bicyclic) bond motifs is 4. The Kier molecular flexibility index (Phi) is 6.30. The van der Waals surface area contributed by atoms with Gasteiger partial charge in [0.1, 0.15) is 11.5 Å². The van der Waals surface area contributed by atoms with E-state index < -0.39 is 0 Å². The zero-order valence-corrected chi connectivity index (χ0v) is 23.8. The second kappa shape index (κ2) is 10.3. The molecule has 41 heavy (non-hydrogen) atoms. The predicted molar refractivity (Wildman–Crippen MR) is 158 cm³/mol. The summed E-state index contributed by atoms with van der Waals surface area (Å²) in [6.45, 7) is 0. The molecule has 0 N–H and O–H groups in total. The van der Waals surface area contributed by atoms with Gasteiger partial charge in [-0.05, 0) is 58.2 Å². The number of pyridine rings is 2. The minimum atomic E-state index is 0. The van der Waals surface area contributed by atoms with E-state index in [-0.39, 0.29) is 21.1 Å². The van der Waals surface area contributed by atoms with E-state index in [1.54, 1.807) is 12.4 Å². The molecule has 196 valence electrons. The molecule has 0 bridgehead atoms. The first kappa shape index (κ1) is 25.1. The van der Waals surface area contributed by atoms with Crippen LogP contribution in [0.15, 0.2) is 126 Å². The quantitative estimate of drug-likeness (QED) is 0.173. The maximum Gasteiger partial charge on any atom is 2.00 e. The Morgan fingerprint density at radius 2 is 1.61 bits per heavy atom. The van der Waals surface area contributed by atoms with Gasteiger partial charge in [0.25, 0.3) is 0 Å². The Morgan fingerprint density at radius 3 is 2.49 bits per heavy atom. The van der Waals surface area contributed by atoms with Crippen LogP contribution in [-0.4, -0.2) is 19.5 Å². The average molecular weight is 708 g/mol. The molecule has 8 aromatic rings. The van der Waals surface area contributed by atoms with Crippen LogP contribution >= 0.6 is 0 Å². The summed E-state index contributed by atoms with van der Waals surface area (Å²) in [6.07, 6.45) is 5.42. The van der Waals surface area contributed by atoms with E-state index in [0.29, 0.717) is 5.89 Å². The van der Waals surface area contributed by atoms with Crippen molar-refractivity contribution in [1.29, 1.82) is 0 Å². The first-order valence-electron chi connectivity index (χ1n) is 13.0. The molecule has 0 aliphatic carbocycles. The zero-order valence-electron chi connectivity index (χ0n) is 21.6. The van der Waals surface area contributed by atoms with Crippen molar-refractivity contribution in [3.8, 4) is 39.5 Å². The van der Waals surface area contributed by atoms with Gasteiger partial charge in [-0.1, -0.05) is 53.4 Å². The molecule has 0 saturated heterocycles. The smallest absolute Gasteiger partial charge is 0.481 e. The minimum absolute atomic E-state index is 0. The van der Waals surface area contributed by atoms with Gasteiger partial charge < -0.3 is 14.0 Å². The Labute approximate surface area is 250 Å². The number of hydrogen-bond donors (Lipinski definition) is 0. The molecule has 0 saturated carbocycles. The Bertz CT molecular complexity index is 2170. The Morgan fingerprint density at radius 1 is 0.683 bits per heavy atom. The summed E-state index contributed by atoms with van der Waals surface area (Å²) in [6, 6.07) is 41.8. The standard InChI is InChI=1S/C35H20N4O.Pt/c1-2-12-32-28(10-1)29-15-13-25(35-38-31-20-23(14-16-34(31)40-35)26-8-6-17-36-22-26)21-33(29)39(32)27-9-5-7-24(19-27)30-11-3-4-18-37-30;/h1-18,20,22H;/q-2;+2. The third-order valence-electron chi connectivity index (χ3n) is 7.16. The van der Waals surface area contributed by atoms with Crippen LogP contribution in [-0.2, 0) is 21.1 Å². The average Bonchev–Trinajstić information content (AvgIpc) is 3.60. The number of nitrogens with zero attached hydrogens (tertiary/aromatic N) is 4. The summed E-state index contributed by atoms with van der Waals surface area (Å²) >= 11 is 0. The van der Waals surface area contributed by atoms with Crippen molar-refractivity contribution in [2.75, 3.05) is 0 Å².